The largest absolute Gasteiger partial charge is 0.457 e. The fourth-order valence-electron chi connectivity index (χ4n) is 4.21. The number of rotatable bonds is 5. The van der Waals surface area contributed by atoms with Crippen LogP contribution < -0.4 is 10.5 Å². The zero-order chi connectivity index (χ0) is 23.9. The number of fused-ring (bicyclic) bond motifs is 3. The van der Waals surface area contributed by atoms with E-state index in [-0.39, 0.29) is 12.1 Å². The molecule has 170 valence electrons. The number of aromatic nitrogens is 1. The number of carbonyl (C=O) groups excluding carboxylic acids is 1. The van der Waals surface area contributed by atoms with E-state index in [1.807, 2.05) is 54.6 Å². The molecule has 2 N–H and O–H groups in total. The quantitative estimate of drug-likeness (QED) is 0.315. The van der Waals surface area contributed by atoms with Crippen molar-refractivity contribution in [3.05, 3.63) is 108 Å². The smallest absolute Gasteiger partial charge is 0.416 e. The Morgan fingerprint density at radius 3 is 2.29 bits per heavy atom. The second-order valence-corrected chi connectivity index (χ2v) is 7.94. The standard InChI is InChI=1S/C27H19F3N2O2/c28-27(29,30)18-12-13-21-24(15-18)32(23-11-5-10-22(25(21)23)26(31)33)16-17-6-4-9-20(14-17)34-19-7-2-1-3-8-19/h1-15H,16H2,(H2,31,33). The lowest BCUT2D eigenvalue weighted by Crippen LogP contribution is -2.11. The first-order valence-corrected chi connectivity index (χ1v) is 10.5. The first-order valence-electron chi connectivity index (χ1n) is 10.5. The van der Waals surface area contributed by atoms with Crippen molar-refractivity contribution in [1.29, 1.82) is 0 Å². The summed E-state index contributed by atoms with van der Waals surface area (Å²) in [6.07, 6.45) is -4.49. The molecule has 0 aliphatic rings. The molecule has 0 saturated heterocycles. The van der Waals surface area contributed by atoms with Crippen molar-refractivity contribution in [3.8, 4) is 11.5 Å². The molecular formula is C27H19F3N2O2. The average molecular weight is 460 g/mol. The van der Waals surface area contributed by atoms with Gasteiger partial charge in [-0.1, -0.05) is 42.5 Å². The molecule has 0 unspecified atom stereocenters. The predicted molar refractivity (Wildman–Crippen MR) is 125 cm³/mol. The molecule has 5 rings (SSSR count). The highest BCUT2D eigenvalue weighted by atomic mass is 19.4. The molecule has 4 nitrogen and oxygen atoms in total. The van der Waals surface area contributed by atoms with Gasteiger partial charge in [0.2, 0.25) is 5.91 Å². The molecule has 0 bridgehead atoms. The highest BCUT2D eigenvalue weighted by Gasteiger charge is 2.31. The third-order valence-corrected chi connectivity index (χ3v) is 5.70. The normalized spacial score (nSPS) is 11.7. The van der Waals surface area contributed by atoms with E-state index in [2.05, 4.69) is 0 Å². The van der Waals surface area contributed by atoms with E-state index >= 15 is 0 Å². The van der Waals surface area contributed by atoms with Gasteiger partial charge in [0, 0.05) is 22.9 Å². The number of hydrogen-bond donors (Lipinski definition) is 1. The second kappa shape index (κ2) is 8.26. The van der Waals surface area contributed by atoms with E-state index in [4.69, 9.17) is 10.5 Å². The number of alkyl halides is 3. The molecule has 34 heavy (non-hydrogen) atoms. The van der Waals surface area contributed by atoms with E-state index in [0.717, 1.165) is 17.7 Å². The Kier molecular flexibility index (Phi) is 5.24. The number of ether oxygens (including phenoxy) is 1. The van der Waals surface area contributed by atoms with E-state index in [1.165, 1.54) is 6.07 Å². The molecule has 5 aromatic rings. The fourth-order valence-corrected chi connectivity index (χ4v) is 4.21. The van der Waals surface area contributed by atoms with Gasteiger partial charge in [0.1, 0.15) is 11.5 Å². The number of nitrogens with zero attached hydrogens (tertiary/aromatic N) is 1. The lowest BCUT2D eigenvalue weighted by atomic mass is 10.0. The molecule has 0 radical (unpaired) electrons. The van der Waals surface area contributed by atoms with Crippen LogP contribution in [0.3, 0.4) is 0 Å². The monoisotopic (exact) mass is 460 g/mol. The van der Waals surface area contributed by atoms with Gasteiger partial charge in [0.25, 0.3) is 0 Å². The van der Waals surface area contributed by atoms with Gasteiger partial charge in [0.05, 0.1) is 16.6 Å². The van der Waals surface area contributed by atoms with Crippen molar-refractivity contribution in [2.75, 3.05) is 0 Å². The molecule has 0 atom stereocenters. The number of para-hydroxylation sites is 1. The molecule has 0 saturated carbocycles. The molecule has 1 amide bonds. The van der Waals surface area contributed by atoms with E-state index in [0.29, 0.717) is 33.3 Å². The maximum Gasteiger partial charge on any atom is 0.416 e. The van der Waals surface area contributed by atoms with Gasteiger partial charge in [-0.25, -0.2) is 0 Å². The Balaban J connectivity index is 1.66. The number of halogens is 3. The van der Waals surface area contributed by atoms with Crippen LogP contribution in [0.15, 0.2) is 91.0 Å². The first-order chi connectivity index (χ1) is 16.3. The summed E-state index contributed by atoms with van der Waals surface area (Å²) in [7, 11) is 0. The highest BCUT2D eigenvalue weighted by molar-refractivity contribution is 6.18. The van der Waals surface area contributed by atoms with Crippen LogP contribution >= 0.6 is 0 Å². The molecule has 4 aromatic carbocycles. The molecule has 0 aliphatic heterocycles. The lowest BCUT2D eigenvalue weighted by Gasteiger charge is -2.12. The molecule has 7 heteroatoms. The van der Waals surface area contributed by atoms with Crippen molar-refractivity contribution in [2.24, 2.45) is 5.73 Å². The third-order valence-electron chi connectivity index (χ3n) is 5.70. The minimum Gasteiger partial charge on any atom is -0.457 e. The number of nitrogens with two attached hydrogens (primary N) is 1. The summed E-state index contributed by atoms with van der Waals surface area (Å²) < 4.78 is 48.2. The van der Waals surface area contributed by atoms with Crippen molar-refractivity contribution in [1.82, 2.24) is 4.57 Å². The predicted octanol–water partition coefficient (Wildman–Crippen LogP) is 6.75. The van der Waals surface area contributed by atoms with Gasteiger partial charge < -0.3 is 15.0 Å². The van der Waals surface area contributed by atoms with Crippen molar-refractivity contribution < 1.29 is 22.7 Å². The van der Waals surface area contributed by atoms with E-state index < -0.39 is 17.6 Å². The third kappa shape index (κ3) is 3.96. The van der Waals surface area contributed by atoms with Crippen LogP contribution in [0.4, 0.5) is 13.2 Å². The number of benzene rings is 4. The van der Waals surface area contributed by atoms with Crippen LogP contribution in [0.1, 0.15) is 21.5 Å². The Labute approximate surface area is 193 Å². The van der Waals surface area contributed by atoms with Crippen LogP contribution in [0, 0.1) is 0 Å². The topological polar surface area (TPSA) is 57.2 Å². The van der Waals surface area contributed by atoms with Crippen LogP contribution in [0.25, 0.3) is 21.8 Å². The first kappa shape index (κ1) is 21.6. The minimum absolute atomic E-state index is 0.266. The van der Waals surface area contributed by atoms with Gasteiger partial charge in [-0.2, -0.15) is 13.2 Å². The Morgan fingerprint density at radius 2 is 1.56 bits per heavy atom. The van der Waals surface area contributed by atoms with Crippen LogP contribution in [0.2, 0.25) is 0 Å². The summed E-state index contributed by atoms with van der Waals surface area (Å²) in [6, 6.07) is 25.2. The molecular weight excluding hydrogens is 441 g/mol. The summed E-state index contributed by atoms with van der Waals surface area (Å²) >= 11 is 0. The summed E-state index contributed by atoms with van der Waals surface area (Å²) in [5.41, 5.74) is 6.91. The summed E-state index contributed by atoms with van der Waals surface area (Å²) in [4.78, 5) is 12.1. The lowest BCUT2D eigenvalue weighted by molar-refractivity contribution is -0.137. The van der Waals surface area contributed by atoms with Crippen LogP contribution in [0.5, 0.6) is 11.5 Å². The molecule has 0 aliphatic carbocycles. The number of amides is 1. The molecule has 1 aromatic heterocycles. The molecule has 0 spiro atoms. The van der Waals surface area contributed by atoms with Gasteiger partial charge in [0.15, 0.2) is 0 Å². The Morgan fingerprint density at radius 1 is 0.824 bits per heavy atom. The number of primary amides is 1. The highest BCUT2D eigenvalue weighted by Crippen LogP contribution is 2.37. The summed E-state index contributed by atoms with van der Waals surface area (Å²) in [5.74, 6) is 0.651. The zero-order valence-electron chi connectivity index (χ0n) is 17.8. The van der Waals surface area contributed by atoms with Crippen molar-refractivity contribution in [2.45, 2.75) is 12.7 Å². The minimum atomic E-state index is -4.49. The van der Waals surface area contributed by atoms with Crippen molar-refractivity contribution in [3.63, 3.8) is 0 Å². The maximum atomic E-state index is 13.5. The zero-order valence-corrected chi connectivity index (χ0v) is 17.8. The van der Waals surface area contributed by atoms with E-state index in [1.54, 1.807) is 22.8 Å². The van der Waals surface area contributed by atoms with Crippen LogP contribution in [-0.2, 0) is 12.7 Å². The van der Waals surface area contributed by atoms with Gasteiger partial charge in [-0.15, -0.1) is 0 Å². The SMILES string of the molecule is NC(=O)c1cccc2c1c1ccc(C(F)(F)F)cc1n2Cc1cccc(Oc2ccccc2)c1. The summed E-state index contributed by atoms with van der Waals surface area (Å²) in [5, 5.41) is 1.07. The van der Waals surface area contributed by atoms with Gasteiger partial charge >= 0.3 is 6.18 Å². The Hall–Kier alpha value is -4.26. The fraction of sp³-hybridized carbons (Fsp3) is 0.0741. The number of carbonyl (C=O) groups is 1. The van der Waals surface area contributed by atoms with Gasteiger partial charge in [-0.3, -0.25) is 4.79 Å². The molecule has 0 fully saturated rings. The summed E-state index contributed by atoms with van der Waals surface area (Å²) in [6.45, 7) is 0.273. The average Bonchev–Trinajstić information content (AvgIpc) is 3.12. The van der Waals surface area contributed by atoms with E-state index in [9.17, 15) is 18.0 Å². The van der Waals surface area contributed by atoms with Gasteiger partial charge in [-0.05, 0) is 54.1 Å². The molecule has 1 heterocycles. The Bertz CT molecular complexity index is 1520. The van der Waals surface area contributed by atoms with Crippen LogP contribution in [-0.4, -0.2) is 10.5 Å². The maximum absolute atomic E-state index is 13.5. The van der Waals surface area contributed by atoms with Crippen molar-refractivity contribution >= 4 is 27.7 Å². The number of hydrogen-bond acceptors (Lipinski definition) is 2. The second-order valence-electron chi connectivity index (χ2n) is 7.94.